The van der Waals surface area contributed by atoms with Crippen LogP contribution in [0.3, 0.4) is 0 Å². The molecule has 32 heavy (non-hydrogen) atoms. The summed E-state index contributed by atoms with van der Waals surface area (Å²) in [6.07, 6.45) is 0. The molecule has 0 saturated carbocycles. The minimum atomic E-state index is -0.162. The maximum Gasteiger partial charge on any atom is 0.267 e. The number of nitrogens with one attached hydrogen (secondary N) is 3. The Morgan fingerprint density at radius 3 is 2.31 bits per heavy atom. The molecule has 4 aromatic rings. The number of hydrogen-bond acceptors (Lipinski definition) is 7. The lowest BCUT2D eigenvalue weighted by Gasteiger charge is -2.10. The zero-order chi connectivity index (χ0) is 22.5. The second kappa shape index (κ2) is 9.57. The fourth-order valence-electron chi connectivity index (χ4n) is 3.19. The fraction of sp³-hybridized carbons (Fsp3) is 0.167. The van der Waals surface area contributed by atoms with Gasteiger partial charge in [0.05, 0.1) is 5.69 Å². The van der Waals surface area contributed by atoms with E-state index in [1.807, 2.05) is 81.4 Å². The Morgan fingerprint density at radius 1 is 0.906 bits per heavy atom. The number of benzene rings is 2. The summed E-state index contributed by atoms with van der Waals surface area (Å²) >= 11 is 1.40. The fourth-order valence-corrected chi connectivity index (χ4v) is 4.15. The highest BCUT2D eigenvalue weighted by molar-refractivity contribution is 7.17. The molecule has 0 aliphatic heterocycles. The SMILES string of the molecule is CCNc1cc(Nc2ccc(NC(=O)c3sc(-c4ccccc4)nc3C)cc2)nc(C)n1. The van der Waals surface area contributed by atoms with Crippen molar-refractivity contribution < 1.29 is 4.79 Å². The molecule has 2 aromatic carbocycles. The van der Waals surface area contributed by atoms with Crippen LogP contribution < -0.4 is 16.0 Å². The van der Waals surface area contributed by atoms with E-state index in [4.69, 9.17) is 0 Å². The predicted octanol–water partition coefficient (Wildman–Crippen LogP) is 5.64. The van der Waals surface area contributed by atoms with Gasteiger partial charge in [0.1, 0.15) is 27.3 Å². The second-order valence-electron chi connectivity index (χ2n) is 7.17. The third kappa shape index (κ3) is 5.09. The number of nitrogens with zero attached hydrogens (tertiary/aromatic N) is 3. The van der Waals surface area contributed by atoms with Crippen LogP contribution in [0.1, 0.15) is 28.1 Å². The van der Waals surface area contributed by atoms with Crippen molar-refractivity contribution in [3.05, 3.63) is 77.1 Å². The van der Waals surface area contributed by atoms with E-state index in [1.54, 1.807) is 0 Å². The van der Waals surface area contributed by atoms with Gasteiger partial charge in [-0.3, -0.25) is 4.79 Å². The van der Waals surface area contributed by atoms with Crippen LogP contribution in [0.5, 0.6) is 0 Å². The van der Waals surface area contributed by atoms with Gasteiger partial charge in [-0.15, -0.1) is 11.3 Å². The van der Waals surface area contributed by atoms with Gasteiger partial charge < -0.3 is 16.0 Å². The van der Waals surface area contributed by atoms with Gasteiger partial charge in [0.25, 0.3) is 5.91 Å². The summed E-state index contributed by atoms with van der Waals surface area (Å²) in [4.78, 5) is 26.8. The van der Waals surface area contributed by atoms with Crippen LogP contribution >= 0.6 is 11.3 Å². The van der Waals surface area contributed by atoms with Gasteiger partial charge in [-0.2, -0.15) is 0 Å². The number of amides is 1. The molecule has 4 rings (SSSR count). The number of hydrogen-bond donors (Lipinski definition) is 3. The van der Waals surface area contributed by atoms with Crippen molar-refractivity contribution in [3.63, 3.8) is 0 Å². The van der Waals surface area contributed by atoms with Crippen molar-refractivity contribution >= 4 is 40.3 Å². The van der Waals surface area contributed by atoms with Crippen molar-refractivity contribution in [2.45, 2.75) is 20.8 Å². The summed E-state index contributed by atoms with van der Waals surface area (Å²) in [5.74, 6) is 2.01. The number of aryl methyl sites for hydroxylation is 2. The molecule has 0 fully saturated rings. The van der Waals surface area contributed by atoms with E-state index in [-0.39, 0.29) is 5.91 Å². The predicted molar refractivity (Wildman–Crippen MR) is 131 cm³/mol. The van der Waals surface area contributed by atoms with Crippen LogP contribution in [0, 0.1) is 13.8 Å². The minimum absolute atomic E-state index is 0.162. The van der Waals surface area contributed by atoms with Crippen LogP contribution in [0.2, 0.25) is 0 Å². The van der Waals surface area contributed by atoms with Gasteiger partial charge in [-0.25, -0.2) is 15.0 Å². The van der Waals surface area contributed by atoms with Crippen molar-refractivity contribution in [1.82, 2.24) is 15.0 Å². The summed E-state index contributed by atoms with van der Waals surface area (Å²) in [7, 11) is 0. The average Bonchev–Trinajstić information content (AvgIpc) is 3.17. The third-order valence-corrected chi connectivity index (χ3v) is 5.84. The lowest BCUT2D eigenvalue weighted by atomic mass is 10.2. The molecule has 0 radical (unpaired) electrons. The molecule has 0 unspecified atom stereocenters. The summed E-state index contributed by atoms with van der Waals surface area (Å²) in [5.41, 5.74) is 3.30. The summed E-state index contributed by atoms with van der Waals surface area (Å²) < 4.78 is 0. The van der Waals surface area contributed by atoms with E-state index >= 15 is 0 Å². The zero-order valence-corrected chi connectivity index (χ0v) is 19.0. The first-order valence-corrected chi connectivity index (χ1v) is 11.1. The van der Waals surface area contributed by atoms with E-state index in [2.05, 4.69) is 30.9 Å². The Kier molecular flexibility index (Phi) is 6.42. The molecule has 0 aliphatic rings. The highest BCUT2D eigenvalue weighted by atomic mass is 32.1. The van der Waals surface area contributed by atoms with E-state index in [0.717, 1.165) is 34.3 Å². The highest BCUT2D eigenvalue weighted by Gasteiger charge is 2.16. The molecule has 162 valence electrons. The van der Waals surface area contributed by atoms with Crippen LogP contribution in [0.4, 0.5) is 23.0 Å². The molecule has 0 atom stereocenters. The van der Waals surface area contributed by atoms with Crippen molar-refractivity contribution in [2.75, 3.05) is 22.5 Å². The van der Waals surface area contributed by atoms with Crippen molar-refractivity contribution in [2.24, 2.45) is 0 Å². The van der Waals surface area contributed by atoms with Gasteiger partial charge in [-0.1, -0.05) is 30.3 Å². The van der Waals surface area contributed by atoms with E-state index in [0.29, 0.717) is 22.2 Å². The topological polar surface area (TPSA) is 91.8 Å². The quantitative estimate of drug-likeness (QED) is 0.341. The Labute approximate surface area is 191 Å². The molecular formula is C24H24N6OS. The third-order valence-electron chi connectivity index (χ3n) is 4.63. The lowest BCUT2D eigenvalue weighted by molar-refractivity contribution is 0.103. The number of aromatic nitrogens is 3. The first kappa shape index (κ1) is 21.5. The summed E-state index contributed by atoms with van der Waals surface area (Å²) in [6, 6.07) is 19.2. The van der Waals surface area contributed by atoms with Crippen LogP contribution in [0.15, 0.2) is 60.7 Å². The lowest BCUT2D eigenvalue weighted by Crippen LogP contribution is -2.11. The minimum Gasteiger partial charge on any atom is -0.370 e. The number of thiazole rings is 1. The molecule has 7 nitrogen and oxygen atoms in total. The second-order valence-corrected chi connectivity index (χ2v) is 8.17. The first-order chi connectivity index (χ1) is 15.5. The molecule has 2 aromatic heterocycles. The Morgan fingerprint density at radius 2 is 1.59 bits per heavy atom. The maximum absolute atomic E-state index is 12.8. The largest absolute Gasteiger partial charge is 0.370 e. The van der Waals surface area contributed by atoms with E-state index in [1.165, 1.54) is 11.3 Å². The molecular weight excluding hydrogens is 420 g/mol. The molecule has 0 saturated heterocycles. The Balaban J connectivity index is 1.44. The van der Waals surface area contributed by atoms with Crippen molar-refractivity contribution in [3.8, 4) is 10.6 Å². The van der Waals surface area contributed by atoms with E-state index in [9.17, 15) is 4.79 Å². The van der Waals surface area contributed by atoms with Gasteiger partial charge in [0.15, 0.2) is 0 Å². The Bertz CT molecular complexity index is 1220. The Hall–Kier alpha value is -3.78. The molecule has 0 bridgehead atoms. The molecule has 3 N–H and O–H groups in total. The number of carbonyl (C=O) groups excluding carboxylic acids is 1. The molecule has 8 heteroatoms. The van der Waals surface area contributed by atoms with Crippen LogP contribution in [-0.2, 0) is 0 Å². The summed E-state index contributed by atoms with van der Waals surface area (Å²) in [5, 5.41) is 10.3. The number of rotatable bonds is 7. The monoisotopic (exact) mass is 444 g/mol. The van der Waals surface area contributed by atoms with Gasteiger partial charge >= 0.3 is 0 Å². The molecule has 0 aliphatic carbocycles. The maximum atomic E-state index is 12.8. The zero-order valence-electron chi connectivity index (χ0n) is 18.1. The number of carbonyl (C=O) groups is 1. The van der Waals surface area contributed by atoms with Gasteiger partial charge in [0.2, 0.25) is 0 Å². The van der Waals surface area contributed by atoms with Gasteiger partial charge in [0, 0.05) is 29.5 Å². The smallest absolute Gasteiger partial charge is 0.267 e. The van der Waals surface area contributed by atoms with Crippen molar-refractivity contribution in [1.29, 1.82) is 0 Å². The first-order valence-electron chi connectivity index (χ1n) is 10.3. The summed E-state index contributed by atoms with van der Waals surface area (Å²) in [6.45, 7) is 6.52. The number of anilines is 4. The average molecular weight is 445 g/mol. The highest BCUT2D eigenvalue weighted by Crippen LogP contribution is 2.28. The standard InChI is InChI=1S/C24H24N6OS/c1-4-25-20-14-21(28-16(3)27-20)29-18-10-12-19(13-11-18)30-23(31)22-15(2)26-24(32-22)17-8-6-5-7-9-17/h5-14H,4H2,1-3H3,(H,30,31)(H2,25,27,28,29). The molecule has 0 spiro atoms. The molecule has 1 amide bonds. The van der Waals surface area contributed by atoms with E-state index < -0.39 is 0 Å². The van der Waals surface area contributed by atoms with Gasteiger partial charge in [-0.05, 0) is 45.0 Å². The normalized spacial score (nSPS) is 10.6. The molecule has 2 heterocycles. The van der Waals surface area contributed by atoms with Crippen LogP contribution in [0.25, 0.3) is 10.6 Å². The van der Waals surface area contributed by atoms with Crippen LogP contribution in [-0.4, -0.2) is 27.4 Å².